The monoisotopic (exact) mass is 570 g/mol. The quantitative estimate of drug-likeness (QED) is 0.332. The Morgan fingerprint density at radius 2 is 1.69 bits per heavy atom. The van der Waals surface area contributed by atoms with E-state index in [9.17, 15) is 19.5 Å². The number of hydrogen-bond donors (Lipinski definition) is 3. The molecule has 0 bridgehead atoms. The Morgan fingerprint density at radius 3 is 2.29 bits per heavy atom. The van der Waals surface area contributed by atoms with Crippen LogP contribution in [0.2, 0.25) is 0 Å². The number of rotatable bonds is 9. The van der Waals surface area contributed by atoms with E-state index >= 15 is 0 Å². The molecule has 3 aromatic rings. The van der Waals surface area contributed by atoms with Gasteiger partial charge in [-0.15, -0.1) is 0 Å². The molecule has 1 unspecified atom stereocenters. The summed E-state index contributed by atoms with van der Waals surface area (Å²) in [6, 6.07) is 16.0. The fourth-order valence-corrected chi connectivity index (χ4v) is 5.15. The molecule has 42 heavy (non-hydrogen) atoms. The molecular weight excluding hydrogens is 532 g/mol. The van der Waals surface area contributed by atoms with Gasteiger partial charge in [-0.25, -0.2) is 9.79 Å². The van der Waals surface area contributed by atoms with Crippen LogP contribution in [0.3, 0.4) is 0 Å². The van der Waals surface area contributed by atoms with Crippen LogP contribution >= 0.6 is 0 Å². The number of amides is 1. The SMILES string of the molecule is CNC(=O)c1ccc(N2CCN(C(/N=c3/c(C(C)Nc4ccccc4C(=O)O)cc(C)cn3C=O)=C(C)C)CC2)cc1. The number of anilines is 2. The highest BCUT2D eigenvalue weighted by atomic mass is 16.4. The van der Waals surface area contributed by atoms with Crippen LogP contribution in [0.1, 0.15) is 58.7 Å². The molecule has 1 aromatic heterocycles. The number of aryl methyl sites for hydroxylation is 1. The van der Waals surface area contributed by atoms with E-state index in [4.69, 9.17) is 4.99 Å². The maximum absolute atomic E-state index is 12.2. The van der Waals surface area contributed by atoms with Gasteiger partial charge in [-0.2, -0.15) is 0 Å². The van der Waals surface area contributed by atoms with Crippen LogP contribution in [0.5, 0.6) is 0 Å². The zero-order chi connectivity index (χ0) is 30.4. The second-order valence-corrected chi connectivity index (χ2v) is 10.6. The molecule has 1 aliphatic heterocycles. The minimum Gasteiger partial charge on any atom is -0.478 e. The topological polar surface area (TPSA) is 119 Å². The fourth-order valence-electron chi connectivity index (χ4n) is 5.15. The van der Waals surface area contributed by atoms with Crippen molar-refractivity contribution < 1.29 is 19.5 Å². The van der Waals surface area contributed by atoms with Gasteiger partial charge < -0.3 is 25.5 Å². The molecule has 1 fully saturated rings. The maximum atomic E-state index is 12.2. The van der Waals surface area contributed by atoms with Crippen LogP contribution in [0, 0.1) is 6.92 Å². The molecule has 1 saturated heterocycles. The number of aromatic carboxylic acids is 1. The van der Waals surface area contributed by atoms with E-state index in [-0.39, 0.29) is 17.5 Å². The van der Waals surface area contributed by atoms with Crippen molar-refractivity contribution >= 4 is 29.7 Å². The first-order valence-corrected chi connectivity index (χ1v) is 13.9. The summed E-state index contributed by atoms with van der Waals surface area (Å²) in [6.45, 7) is 10.8. The van der Waals surface area contributed by atoms with Gasteiger partial charge >= 0.3 is 5.97 Å². The highest BCUT2D eigenvalue weighted by Crippen LogP contribution is 2.23. The van der Waals surface area contributed by atoms with Crippen molar-refractivity contribution in [3.63, 3.8) is 0 Å². The summed E-state index contributed by atoms with van der Waals surface area (Å²) in [5.41, 5.74) is 5.50. The molecule has 0 spiro atoms. The summed E-state index contributed by atoms with van der Waals surface area (Å²) in [6.07, 6.45) is 2.49. The van der Waals surface area contributed by atoms with Gasteiger partial charge in [0.05, 0.1) is 11.6 Å². The predicted octanol–water partition coefficient (Wildman–Crippen LogP) is 4.04. The molecular formula is C32H38N6O4. The first kappa shape index (κ1) is 30.1. The van der Waals surface area contributed by atoms with Gasteiger partial charge in [-0.1, -0.05) is 12.1 Å². The van der Waals surface area contributed by atoms with Crippen molar-refractivity contribution in [2.45, 2.75) is 33.7 Å². The standard InChI is InChI=1S/C32H38N6O4/c1-21(2)29(37-16-14-36(15-17-37)25-12-10-24(11-13-25)31(40)33-5)35-30-27(18-22(3)19-38(30)20-39)23(4)34-28-9-7-6-8-26(28)32(41)42/h6-13,18-20,23,34H,14-17H2,1-5H3,(H,33,40)(H,41,42)/b35-30-. The van der Waals surface area contributed by atoms with Gasteiger partial charge in [-0.3, -0.25) is 14.2 Å². The molecule has 1 aliphatic rings. The molecule has 1 amide bonds. The van der Waals surface area contributed by atoms with Crippen molar-refractivity contribution in [3.8, 4) is 0 Å². The van der Waals surface area contributed by atoms with Crippen LogP contribution < -0.4 is 21.0 Å². The number of para-hydroxylation sites is 1. The summed E-state index contributed by atoms with van der Waals surface area (Å²) in [4.78, 5) is 45.5. The van der Waals surface area contributed by atoms with E-state index in [1.807, 2.05) is 58.0 Å². The van der Waals surface area contributed by atoms with Gasteiger partial charge in [0, 0.05) is 61.9 Å². The number of carbonyl (C=O) groups excluding carboxylic acids is 2. The Morgan fingerprint density at radius 1 is 1.02 bits per heavy atom. The number of aromatic nitrogens is 1. The second kappa shape index (κ2) is 13.2. The zero-order valence-electron chi connectivity index (χ0n) is 24.7. The molecule has 220 valence electrons. The maximum Gasteiger partial charge on any atom is 0.337 e. The van der Waals surface area contributed by atoms with Crippen molar-refractivity contribution in [2.24, 2.45) is 4.99 Å². The van der Waals surface area contributed by atoms with Crippen LogP contribution in [0.25, 0.3) is 0 Å². The number of nitrogens with zero attached hydrogens (tertiary/aromatic N) is 4. The lowest BCUT2D eigenvalue weighted by atomic mass is 10.1. The molecule has 0 saturated carbocycles. The number of benzene rings is 2. The van der Waals surface area contributed by atoms with Crippen molar-refractivity contribution in [1.29, 1.82) is 0 Å². The molecule has 2 heterocycles. The smallest absolute Gasteiger partial charge is 0.337 e. The highest BCUT2D eigenvalue weighted by Gasteiger charge is 2.22. The number of hydrogen-bond acceptors (Lipinski definition) is 7. The van der Waals surface area contributed by atoms with Gasteiger partial charge in [0.15, 0.2) is 0 Å². The first-order valence-electron chi connectivity index (χ1n) is 13.9. The highest BCUT2D eigenvalue weighted by molar-refractivity contribution is 5.94. The third-order valence-corrected chi connectivity index (χ3v) is 7.30. The number of carboxylic acids is 1. The third-order valence-electron chi connectivity index (χ3n) is 7.30. The number of nitrogens with one attached hydrogen (secondary N) is 2. The number of piperazine rings is 1. The minimum atomic E-state index is -1.02. The third kappa shape index (κ3) is 6.71. The summed E-state index contributed by atoms with van der Waals surface area (Å²) in [5.74, 6) is -0.334. The van der Waals surface area contributed by atoms with Gasteiger partial charge in [0.1, 0.15) is 11.3 Å². The van der Waals surface area contributed by atoms with Crippen LogP contribution in [0.4, 0.5) is 11.4 Å². The van der Waals surface area contributed by atoms with Crippen molar-refractivity contribution in [3.05, 3.63) is 99.9 Å². The predicted molar refractivity (Wildman–Crippen MR) is 164 cm³/mol. The number of pyridine rings is 1. The average Bonchev–Trinajstić information content (AvgIpc) is 2.99. The van der Waals surface area contributed by atoms with E-state index in [2.05, 4.69) is 20.4 Å². The molecule has 4 rings (SSSR count). The van der Waals surface area contributed by atoms with Crippen LogP contribution in [0.15, 0.2) is 77.2 Å². The molecule has 0 aliphatic carbocycles. The zero-order valence-corrected chi connectivity index (χ0v) is 24.7. The Kier molecular flexibility index (Phi) is 9.46. The van der Waals surface area contributed by atoms with Gasteiger partial charge in [-0.05, 0) is 81.3 Å². The number of carboxylic acid groups (broad SMARTS) is 1. The lowest BCUT2D eigenvalue weighted by Crippen LogP contribution is -2.46. The lowest BCUT2D eigenvalue weighted by Gasteiger charge is -2.37. The normalized spacial score (nSPS) is 14.3. The largest absolute Gasteiger partial charge is 0.478 e. The van der Waals surface area contributed by atoms with Crippen LogP contribution in [-0.2, 0) is 4.79 Å². The minimum absolute atomic E-state index is 0.111. The summed E-state index contributed by atoms with van der Waals surface area (Å²) < 4.78 is 1.49. The first-order chi connectivity index (χ1) is 20.1. The Balaban J connectivity index is 1.63. The van der Waals surface area contributed by atoms with Gasteiger partial charge in [0.25, 0.3) is 5.91 Å². The van der Waals surface area contributed by atoms with Gasteiger partial charge in [0.2, 0.25) is 6.41 Å². The van der Waals surface area contributed by atoms with Crippen LogP contribution in [-0.4, -0.2) is 66.1 Å². The van der Waals surface area contributed by atoms with E-state index in [1.54, 1.807) is 37.5 Å². The van der Waals surface area contributed by atoms with E-state index in [1.165, 1.54) is 4.57 Å². The van der Waals surface area contributed by atoms with E-state index in [0.29, 0.717) is 16.7 Å². The summed E-state index contributed by atoms with van der Waals surface area (Å²) in [5, 5.41) is 15.6. The van der Waals surface area contributed by atoms with Crippen molar-refractivity contribution in [1.82, 2.24) is 14.8 Å². The second-order valence-electron chi connectivity index (χ2n) is 10.6. The number of carbonyl (C=O) groups is 3. The lowest BCUT2D eigenvalue weighted by molar-refractivity contribution is 0.0697. The molecule has 0 radical (unpaired) electrons. The molecule has 1 atom stereocenters. The Labute approximate surface area is 246 Å². The van der Waals surface area contributed by atoms with E-state index in [0.717, 1.165) is 60.8 Å². The fraction of sp³-hybridized carbons (Fsp3) is 0.312. The average molecular weight is 571 g/mol. The van der Waals surface area contributed by atoms with Crippen molar-refractivity contribution in [2.75, 3.05) is 43.4 Å². The Hall–Kier alpha value is -4.86. The summed E-state index contributed by atoms with van der Waals surface area (Å²) in [7, 11) is 1.62. The number of allylic oxidation sites excluding steroid dienone is 1. The molecule has 3 N–H and O–H groups in total. The molecule has 2 aromatic carbocycles. The Bertz CT molecular complexity index is 1560. The molecule has 10 nitrogen and oxygen atoms in total. The van der Waals surface area contributed by atoms with E-state index < -0.39 is 5.97 Å². The summed E-state index contributed by atoms with van der Waals surface area (Å²) >= 11 is 0. The molecule has 10 heteroatoms.